The number of para-hydroxylation sites is 1. The Balaban J connectivity index is 1.69. The fourth-order valence-corrected chi connectivity index (χ4v) is 6.57. The van der Waals surface area contributed by atoms with E-state index in [1.54, 1.807) is 0 Å². The maximum atomic E-state index is 14.1. The van der Waals surface area contributed by atoms with Gasteiger partial charge in [0.05, 0.1) is 18.3 Å². The van der Waals surface area contributed by atoms with E-state index in [4.69, 9.17) is 4.52 Å². The molecule has 2 aliphatic rings. The molecule has 2 aromatic carbocycles. The van der Waals surface area contributed by atoms with Crippen LogP contribution < -0.4 is 14.1 Å². The van der Waals surface area contributed by atoms with E-state index in [1.165, 1.54) is 5.56 Å². The van der Waals surface area contributed by atoms with E-state index >= 15 is 0 Å². The lowest BCUT2D eigenvalue weighted by Crippen LogP contribution is -2.37. The molecule has 138 valence electrons. The van der Waals surface area contributed by atoms with Crippen LogP contribution in [0.2, 0.25) is 0 Å². The number of nitrogens with zero attached hydrogens (tertiary/aromatic N) is 2. The van der Waals surface area contributed by atoms with Gasteiger partial charge in [0.15, 0.2) is 5.75 Å². The van der Waals surface area contributed by atoms with Gasteiger partial charge in [0.1, 0.15) is 0 Å². The van der Waals surface area contributed by atoms with Crippen molar-refractivity contribution in [3.8, 4) is 5.75 Å². The van der Waals surface area contributed by atoms with Gasteiger partial charge in [-0.25, -0.2) is 4.67 Å². The minimum Gasteiger partial charge on any atom is -0.614 e. The zero-order valence-corrected chi connectivity index (χ0v) is 16.7. The van der Waals surface area contributed by atoms with Gasteiger partial charge in [-0.15, -0.1) is 4.67 Å². The highest BCUT2D eigenvalue weighted by Crippen LogP contribution is 2.66. The van der Waals surface area contributed by atoms with Crippen molar-refractivity contribution < 1.29 is 9.42 Å². The van der Waals surface area contributed by atoms with Crippen LogP contribution in [0, 0.1) is 0 Å². The van der Waals surface area contributed by atoms with E-state index in [1.807, 2.05) is 53.2 Å². The van der Waals surface area contributed by atoms with Crippen LogP contribution in [0.1, 0.15) is 39.2 Å². The molecule has 2 fully saturated rings. The van der Waals surface area contributed by atoms with Gasteiger partial charge in [-0.1, -0.05) is 51.1 Å². The Labute approximate surface area is 157 Å². The molecule has 0 amide bonds. The van der Waals surface area contributed by atoms with Crippen LogP contribution in [0.15, 0.2) is 54.6 Å². The van der Waals surface area contributed by atoms with E-state index in [9.17, 15) is 4.89 Å². The van der Waals surface area contributed by atoms with Gasteiger partial charge in [0.2, 0.25) is 0 Å². The van der Waals surface area contributed by atoms with E-state index in [0.717, 1.165) is 31.6 Å². The molecule has 2 aliphatic heterocycles. The normalized spacial score (nSPS) is 26.2. The van der Waals surface area contributed by atoms with Gasteiger partial charge in [0.25, 0.3) is 0 Å². The van der Waals surface area contributed by atoms with Gasteiger partial charge in [-0.2, -0.15) is 0 Å². The monoisotopic (exact) mass is 370 g/mol. The standard InChI is InChI=1S/C21H27N2O2P/c1-21(2,3)17-9-7-13-20(15-17)25-26(24)22-14-8-12-19(22)16-23(26)18-10-5-4-6-11-18/h4-7,9-11,13,15,19H,8,12,14,16H2,1-3H3/t19-,26?/m0/s1. The third-order valence-corrected chi connectivity index (χ3v) is 7.97. The molecular weight excluding hydrogens is 343 g/mol. The smallest absolute Gasteiger partial charge is 0.326 e. The molecule has 2 atom stereocenters. The van der Waals surface area contributed by atoms with Crippen LogP contribution in [0.25, 0.3) is 0 Å². The molecule has 4 nitrogen and oxygen atoms in total. The highest BCUT2D eigenvalue weighted by Gasteiger charge is 2.58. The third kappa shape index (κ3) is 3.11. The summed E-state index contributed by atoms with van der Waals surface area (Å²) < 4.78 is 10.4. The quantitative estimate of drug-likeness (QED) is 0.752. The number of hydrogen-bond acceptors (Lipinski definition) is 4. The molecule has 5 heteroatoms. The summed E-state index contributed by atoms with van der Waals surface area (Å²) in [4.78, 5) is 14.1. The number of rotatable bonds is 3. The minimum atomic E-state index is -3.13. The molecule has 0 aromatic heterocycles. The van der Waals surface area contributed by atoms with Gasteiger partial charge < -0.3 is 9.42 Å². The van der Waals surface area contributed by atoms with Crippen LogP contribution in [-0.2, 0) is 5.41 Å². The predicted molar refractivity (Wildman–Crippen MR) is 106 cm³/mol. The van der Waals surface area contributed by atoms with E-state index in [2.05, 4.69) is 31.5 Å². The summed E-state index contributed by atoms with van der Waals surface area (Å²) in [6.45, 7) is 8.13. The van der Waals surface area contributed by atoms with Crippen molar-refractivity contribution in [2.75, 3.05) is 17.8 Å². The van der Waals surface area contributed by atoms with Crippen molar-refractivity contribution >= 4 is 13.7 Å². The first-order valence-corrected chi connectivity index (χ1v) is 10.9. The molecule has 26 heavy (non-hydrogen) atoms. The topological polar surface area (TPSA) is 38.8 Å². The van der Waals surface area contributed by atoms with Crippen molar-refractivity contribution in [2.45, 2.75) is 45.1 Å². The van der Waals surface area contributed by atoms with Crippen molar-refractivity contribution in [3.63, 3.8) is 0 Å². The lowest BCUT2D eigenvalue weighted by atomic mass is 9.87. The molecule has 4 rings (SSSR count). The minimum absolute atomic E-state index is 0.0266. The zero-order valence-electron chi connectivity index (χ0n) is 15.8. The first-order chi connectivity index (χ1) is 12.4. The SMILES string of the molecule is CC(C)(C)c1cccc(O[P+]2([O-])N(c3ccccc3)C[C@@H]3CCCN32)c1. The lowest BCUT2D eigenvalue weighted by Gasteiger charge is -2.37. The van der Waals surface area contributed by atoms with E-state index in [-0.39, 0.29) is 5.41 Å². The maximum absolute atomic E-state index is 14.1. The van der Waals surface area contributed by atoms with Crippen LogP contribution in [0.3, 0.4) is 0 Å². The summed E-state index contributed by atoms with van der Waals surface area (Å²) in [5, 5.41) is 0. The Morgan fingerprint density at radius 3 is 2.58 bits per heavy atom. The highest BCUT2D eigenvalue weighted by atomic mass is 31.2. The molecule has 2 aromatic rings. The van der Waals surface area contributed by atoms with Crippen molar-refractivity contribution in [2.24, 2.45) is 0 Å². The molecule has 2 heterocycles. The average molecular weight is 370 g/mol. The zero-order chi connectivity index (χ0) is 18.4. The lowest BCUT2D eigenvalue weighted by molar-refractivity contribution is -0.197. The summed E-state index contributed by atoms with van der Waals surface area (Å²) >= 11 is 0. The molecule has 0 saturated carbocycles. The van der Waals surface area contributed by atoms with Crippen LogP contribution in [0.5, 0.6) is 5.75 Å². The van der Waals surface area contributed by atoms with Crippen LogP contribution >= 0.6 is 8.02 Å². The summed E-state index contributed by atoms with van der Waals surface area (Å²) in [6, 6.07) is 18.4. The summed E-state index contributed by atoms with van der Waals surface area (Å²) in [5.41, 5.74) is 2.18. The molecule has 0 radical (unpaired) electrons. The van der Waals surface area contributed by atoms with Crippen molar-refractivity contribution in [3.05, 3.63) is 60.2 Å². The highest BCUT2D eigenvalue weighted by molar-refractivity contribution is 7.64. The summed E-state index contributed by atoms with van der Waals surface area (Å²) in [5.74, 6) is 0.689. The number of benzene rings is 2. The number of hydrogen-bond donors (Lipinski definition) is 0. The third-order valence-electron chi connectivity index (χ3n) is 5.34. The Kier molecular flexibility index (Phi) is 4.46. The molecule has 0 bridgehead atoms. The first-order valence-electron chi connectivity index (χ1n) is 9.38. The predicted octanol–water partition coefficient (Wildman–Crippen LogP) is 4.39. The van der Waals surface area contributed by atoms with E-state index in [0.29, 0.717) is 11.8 Å². The van der Waals surface area contributed by atoms with Crippen molar-refractivity contribution in [1.29, 1.82) is 0 Å². The molecule has 0 spiro atoms. The number of fused-ring (bicyclic) bond motifs is 1. The van der Waals surface area contributed by atoms with E-state index < -0.39 is 8.02 Å². The Hall–Kier alpha value is -1.61. The molecular formula is C21H27N2O2P. The summed E-state index contributed by atoms with van der Waals surface area (Å²) in [6.07, 6.45) is 2.17. The number of anilines is 1. The second kappa shape index (κ2) is 6.53. The molecule has 1 unspecified atom stereocenters. The average Bonchev–Trinajstić information content (AvgIpc) is 3.18. The Morgan fingerprint density at radius 2 is 1.85 bits per heavy atom. The van der Waals surface area contributed by atoms with Gasteiger partial charge >= 0.3 is 8.02 Å². The van der Waals surface area contributed by atoms with Crippen molar-refractivity contribution in [1.82, 2.24) is 4.67 Å². The van der Waals surface area contributed by atoms with Crippen LogP contribution in [0.4, 0.5) is 5.69 Å². The second-order valence-corrected chi connectivity index (χ2v) is 10.4. The fraction of sp³-hybridized carbons (Fsp3) is 0.429. The van der Waals surface area contributed by atoms with Crippen LogP contribution in [-0.4, -0.2) is 23.8 Å². The molecule has 2 saturated heterocycles. The second-order valence-electron chi connectivity index (χ2n) is 8.24. The van der Waals surface area contributed by atoms with Gasteiger partial charge in [0, 0.05) is 6.54 Å². The molecule has 0 N–H and O–H groups in total. The van der Waals surface area contributed by atoms with Gasteiger partial charge in [-0.05, 0) is 48.1 Å². The van der Waals surface area contributed by atoms with Gasteiger partial charge in [-0.3, -0.25) is 0 Å². The summed E-state index contributed by atoms with van der Waals surface area (Å²) in [7, 11) is -3.13. The first kappa shape index (κ1) is 17.8. The fourth-order valence-electron chi connectivity index (χ4n) is 3.89. The Bertz CT molecular complexity index is 777. The molecule has 0 aliphatic carbocycles. The maximum Gasteiger partial charge on any atom is 0.326 e. The Morgan fingerprint density at radius 1 is 1.08 bits per heavy atom. The largest absolute Gasteiger partial charge is 0.614 e.